The van der Waals surface area contributed by atoms with Crippen molar-refractivity contribution in [3.63, 3.8) is 0 Å². The number of hydrogen-bond acceptors (Lipinski definition) is 3. The first-order valence-corrected chi connectivity index (χ1v) is 4.20. The van der Waals surface area contributed by atoms with Crippen molar-refractivity contribution in [3.8, 4) is 0 Å². The van der Waals surface area contributed by atoms with Crippen LogP contribution in [0.5, 0.6) is 0 Å². The molecule has 1 aliphatic rings. The minimum Gasteiger partial charge on any atom is -0.504 e. The van der Waals surface area contributed by atoms with Gasteiger partial charge in [-0.05, 0) is 19.1 Å². The van der Waals surface area contributed by atoms with Crippen molar-refractivity contribution >= 4 is 11.6 Å². The van der Waals surface area contributed by atoms with E-state index in [4.69, 9.17) is 5.11 Å². The number of allylic oxidation sites excluding steroid dienone is 2. The van der Waals surface area contributed by atoms with Gasteiger partial charge in [-0.3, -0.25) is 9.59 Å². The highest BCUT2D eigenvalue weighted by atomic mass is 16.3. The third kappa shape index (κ3) is 1.14. The standard InChI is InChI=1S/C11H8O3/c1-6-2-3-7-8(4-6)9(12)5-10(13)11(7)14/h2-5,13H,1H3. The number of aliphatic hydroxyl groups excluding tert-OH is 1. The summed E-state index contributed by atoms with van der Waals surface area (Å²) in [5.41, 5.74) is 1.56. The van der Waals surface area contributed by atoms with Gasteiger partial charge < -0.3 is 5.11 Å². The van der Waals surface area contributed by atoms with Gasteiger partial charge in [-0.15, -0.1) is 0 Å². The number of hydrogen-bond donors (Lipinski definition) is 1. The van der Waals surface area contributed by atoms with Gasteiger partial charge in [0.25, 0.3) is 0 Å². The molecule has 2 rings (SSSR count). The number of rotatable bonds is 0. The maximum absolute atomic E-state index is 11.4. The highest BCUT2D eigenvalue weighted by Gasteiger charge is 2.24. The summed E-state index contributed by atoms with van der Waals surface area (Å²) < 4.78 is 0. The van der Waals surface area contributed by atoms with Crippen LogP contribution in [0.4, 0.5) is 0 Å². The monoisotopic (exact) mass is 188 g/mol. The van der Waals surface area contributed by atoms with Crippen molar-refractivity contribution in [3.05, 3.63) is 46.7 Å². The van der Waals surface area contributed by atoms with Gasteiger partial charge in [0.2, 0.25) is 5.78 Å². The molecule has 0 bridgehead atoms. The first-order valence-electron chi connectivity index (χ1n) is 4.20. The molecule has 14 heavy (non-hydrogen) atoms. The average Bonchev–Trinajstić information content (AvgIpc) is 2.14. The van der Waals surface area contributed by atoms with E-state index in [0.29, 0.717) is 5.56 Å². The second kappa shape index (κ2) is 2.80. The maximum Gasteiger partial charge on any atom is 0.228 e. The van der Waals surface area contributed by atoms with Gasteiger partial charge in [0.05, 0.1) is 0 Å². The number of Topliss-reactive ketones (excluding diaryl/α,β-unsaturated/α-hetero) is 1. The summed E-state index contributed by atoms with van der Waals surface area (Å²) in [5, 5.41) is 9.15. The molecule has 1 aromatic rings. The van der Waals surface area contributed by atoms with E-state index in [9.17, 15) is 9.59 Å². The molecule has 0 saturated carbocycles. The summed E-state index contributed by atoms with van der Waals surface area (Å²) in [4.78, 5) is 22.8. The molecule has 0 aromatic heterocycles. The maximum atomic E-state index is 11.4. The van der Waals surface area contributed by atoms with Gasteiger partial charge in [0.1, 0.15) is 0 Å². The zero-order valence-electron chi connectivity index (χ0n) is 7.57. The van der Waals surface area contributed by atoms with Gasteiger partial charge in [-0.2, -0.15) is 0 Å². The van der Waals surface area contributed by atoms with Crippen molar-refractivity contribution in [1.29, 1.82) is 0 Å². The van der Waals surface area contributed by atoms with E-state index in [1.54, 1.807) is 18.2 Å². The van der Waals surface area contributed by atoms with Crippen molar-refractivity contribution in [2.24, 2.45) is 0 Å². The van der Waals surface area contributed by atoms with Crippen LogP contribution in [0.1, 0.15) is 26.3 Å². The third-order valence-corrected chi connectivity index (χ3v) is 2.19. The van der Waals surface area contributed by atoms with E-state index in [1.165, 1.54) is 0 Å². The Kier molecular flexibility index (Phi) is 1.74. The first-order chi connectivity index (χ1) is 6.59. The lowest BCUT2D eigenvalue weighted by molar-refractivity contribution is 0.0939. The number of aliphatic hydroxyl groups is 1. The Morgan fingerprint density at radius 3 is 2.57 bits per heavy atom. The molecule has 0 radical (unpaired) electrons. The van der Waals surface area contributed by atoms with Crippen LogP contribution in [0.25, 0.3) is 0 Å². The van der Waals surface area contributed by atoms with E-state index in [-0.39, 0.29) is 11.3 Å². The molecule has 0 aliphatic heterocycles. The van der Waals surface area contributed by atoms with Crippen LogP contribution in [-0.2, 0) is 0 Å². The molecular weight excluding hydrogens is 180 g/mol. The third-order valence-electron chi connectivity index (χ3n) is 2.19. The fourth-order valence-electron chi connectivity index (χ4n) is 1.47. The molecule has 0 amide bonds. The molecule has 1 N–H and O–H groups in total. The largest absolute Gasteiger partial charge is 0.504 e. The lowest BCUT2D eigenvalue weighted by atomic mass is 9.92. The van der Waals surface area contributed by atoms with E-state index in [2.05, 4.69) is 0 Å². The summed E-state index contributed by atoms with van der Waals surface area (Å²) in [6.45, 7) is 1.84. The number of carbonyl (C=O) groups is 2. The Morgan fingerprint density at radius 2 is 1.86 bits per heavy atom. The molecule has 70 valence electrons. The molecule has 0 spiro atoms. The van der Waals surface area contributed by atoms with Crippen molar-refractivity contribution in [2.45, 2.75) is 6.92 Å². The quantitative estimate of drug-likeness (QED) is 0.675. The van der Waals surface area contributed by atoms with E-state index >= 15 is 0 Å². The molecule has 0 saturated heterocycles. The minimum absolute atomic E-state index is 0.278. The molecule has 0 fully saturated rings. The van der Waals surface area contributed by atoms with Gasteiger partial charge in [0.15, 0.2) is 11.5 Å². The second-order valence-electron chi connectivity index (χ2n) is 3.27. The minimum atomic E-state index is -0.486. The summed E-state index contributed by atoms with van der Waals surface area (Å²) in [7, 11) is 0. The average molecular weight is 188 g/mol. The van der Waals surface area contributed by atoms with Gasteiger partial charge in [-0.25, -0.2) is 0 Å². The smallest absolute Gasteiger partial charge is 0.228 e. The van der Waals surface area contributed by atoms with Crippen molar-refractivity contribution < 1.29 is 14.7 Å². The fraction of sp³-hybridized carbons (Fsp3) is 0.0909. The molecular formula is C11H8O3. The summed E-state index contributed by atoms with van der Waals surface area (Å²) >= 11 is 0. The van der Waals surface area contributed by atoms with Crippen LogP contribution in [0.15, 0.2) is 30.0 Å². The molecule has 3 nitrogen and oxygen atoms in total. The molecule has 3 heteroatoms. The predicted octanol–water partition coefficient (Wildman–Crippen LogP) is 1.82. The van der Waals surface area contributed by atoms with Crippen LogP contribution in [0, 0.1) is 6.92 Å². The molecule has 1 aliphatic carbocycles. The lowest BCUT2D eigenvalue weighted by Gasteiger charge is -2.11. The molecule has 0 heterocycles. The molecule has 0 atom stereocenters. The summed E-state index contributed by atoms with van der Waals surface area (Å²) in [6, 6.07) is 4.95. The van der Waals surface area contributed by atoms with Crippen LogP contribution in [0.2, 0.25) is 0 Å². The highest BCUT2D eigenvalue weighted by molar-refractivity contribution is 6.23. The number of carbonyl (C=O) groups excluding carboxylic acids is 2. The Morgan fingerprint density at radius 1 is 1.14 bits per heavy atom. The number of benzene rings is 1. The molecule has 1 aromatic carbocycles. The van der Waals surface area contributed by atoms with Gasteiger partial charge in [-0.1, -0.05) is 11.6 Å². The summed E-state index contributed by atoms with van der Waals surface area (Å²) in [5.74, 6) is -1.29. The zero-order chi connectivity index (χ0) is 10.3. The SMILES string of the molecule is Cc1ccc2c(c1)C(=O)C=C(O)C2=O. The Bertz CT molecular complexity index is 469. The van der Waals surface area contributed by atoms with Gasteiger partial charge >= 0.3 is 0 Å². The number of fused-ring (bicyclic) bond motifs is 1. The second-order valence-corrected chi connectivity index (χ2v) is 3.27. The summed E-state index contributed by atoms with van der Waals surface area (Å²) in [6.07, 6.45) is 0.962. The number of ketones is 2. The number of aryl methyl sites for hydroxylation is 1. The van der Waals surface area contributed by atoms with Crippen molar-refractivity contribution in [2.75, 3.05) is 0 Å². The van der Waals surface area contributed by atoms with Crippen molar-refractivity contribution in [1.82, 2.24) is 0 Å². The molecule has 0 unspecified atom stereocenters. The normalized spacial score (nSPS) is 15.1. The van der Waals surface area contributed by atoms with Crippen LogP contribution in [0.3, 0.4) is 0 Å². The zero-order valence-corrected chi connectivity index (χ0v) is 7.57. The predicted molar refractivity (Wildman–Crippen MR) is 50.6 cm³/mol. The Labute approximate surface area is 80.7 Å². The first kappa shape index (κ1) is 8.69. The lowest BCUT2D eigenvalue weighted by Crippen LogP contribution is -2.16. The van der Waals surface area contributed by atoms with Crippen LogP contribution >= 0.6 is 0 Å². The van der Waals surface area contributed by atoms with E-state index in [0.717, 1.165) is 11.6 Å². The fourth-order valence-corrected chi connectivity index (χ4v) is 1.47. The van der Waals surface area contributed by atoms with E-state index in [1.807, 2.05) is 6.92 Å². The highest BCUT2D eigenvalue weighted by Crippen LogP contribution is 2.20. The Balaban J connectivity index is 2.69. The van der Waals surface area contributed by atoms with Crippen LogP contribution in [-0.4, -0.2) is 16.7 Å². The Hall–Kier alpha value is -1.90. The topological polar surface area (TPSA) is 54.4 Å². The van der Waals surface area contributed by atoms with E-state index < -0.39 is 11.5 Å². The van der Waals surface area contributed by atoms with Gasteiger partial charge in [0, 0.05) is 17.2 Å². The van der Waals surface area contributed by atoms with Crippen LogP contribution < -0.4 is 0 Å².